The zero-order valence-corrected chi connectivity index (χ0v) is 19.1. The number of hydrogen-bond acceptors (Lipinski definition) is 5. The maximum Gasteiger partial charge on any atom is 0.407 e. The highest BCUT2D eigenvalue weighted by Crippen LogP contribution is 2.27. The van der Waals surface area contributed by atoms with E-state index in [9.17, 15) is 9.59 Å². The van der Waals surface area contributed by atoms with Crippen LogP contribution in [-0.4, -0.2) is 44.5 Å². The molecule has 0 aliphatic carbocycles. The van der Waals surface area contributed by atoms with E-state index in [0.29, 0.717) is 16.8 Å². The van der Waals surface area contributed by atoms with Crippen molar-refractivity contribution in [3.8, 4) is 11.3 Å². The van der Waals surface area contributed by atoms with Crippen LogP contribution in [0.3, 0.4) is 0 Å². The Morgan fingerprint density at radius 1 is 1.09 bits per heavy atom. The number of aromatic amines is 2. The number of rotatable bonds is 6. The maximum absolute atomic E-state index is 13.3. The number of carbonyl (C=O) groups is 2. The number of hydrogen-bond donors (Lipinski definition) is 4. The Kier molecular flexibility index (Phi) is 7.32. The van der Waals surface area contributed by atoms with Gasteiger partial charge in [-0.05, 0) is 32.4 Å². The molecule has 10 heteroatoms. The first-order valence-electron chi connectivity index (χ1n) is 10.6. The first-order valence-corrected chi connectivity index (χ1v) is 10.6. The molecule has 2 aromatic carbocycles. The molecular weight excluding hydrogens is 434 g/mol. The van der Waals surface area contributed by atoms with Crippen LogP contribution in [0.5, 0.6) is 0 Å². The molecule has 3 radical (unpaired) electrons. The number of carbonyl (C=O) groups excluding carboxylic acids is 2. The minimum Gasteiger partial charge on any atom is -0.444 e. The number of ether oxygens (including phenoxy) is 1. The van der Waals surface area contributed by atoms with Crippen molar-refractivity contribution in [2.45, 2.75) is 32.4 Å². The molecule has 175 valence electrons. The normalized spacial score (nSPS) is 12.0. The second kappa shape index (κ2) is 10.2. The summed E-state index contributed by atoms with van der Waals surface area (Å²) in [6.45, 7) is 5.56. The van der Waals surface area contributed by atoms with Crippen LogP contribution in [0.2, 0.25) is 0 Å². The Hall–Kier alpha value is -4.18. The van der Waals surface area contributed by atoms with E-state index in [-0.39, 0.29) is 18.6 Å². The monoisotopic (exact) mass is 460 g/mol. The summed E-state index contributed by atoms with van der Waals surface area (Å²) in [6.07, 6.45) is 2.88. The standard InChI is InChI=1S/C24H26N6O3.N/c1-24(2,3)33-23(32)25-14-19(15-8-5-4-6-9-15)28-22(31)18-11-7-10-17-20(29-30-21(17)18)16-12-26-27-13-16;/h4-13,19H,14H2,1-3H3,(H,25,32)(H,26,27)(H,28,31)(H,29,30);/t19-;/m1./s1. The highest BCUT2D eigenvalue weighted by atomic mass is 16.6. The Morgan fingerprint density at radius 3 is 2.53 bits per heavy atom. The Bertz CT molecular complexity index is 1240. The van der Waals surface area contributed by atoms with Gasteiger partial charge in [0.1, 0.15) is 11.3 Å². The lowest BCUT2D eigenvalue weighted by Gasteiger charge is -2.23. The van der Waals surface area contributed by atoms with Gasteiger partial charge in [-0.2, -0.15) is 10.2 Å². The average Bonchev–Trinajstić information content (AvgIpc) is 3.45. The zero-order chi connectivity index (χ0) is 23.4. The van der Waals surface area contributed by atoms with E-state index in [0.717, 1.165) is 16.5 Å². The number of nitrogens with zero attached hydrogens (tertiary/aromatic N) is 3. The van der Waals surface area contributed by atoms with Crippen molar-refractivity contribution in [3.63, 3.8) is 0 Å². The van der Waals surface area contributed by atoms with Gasteiger partial charge in [0.15, 0.2) is 0 Å². The van der Waals surface area contributed by atoms with E-state index in [2.05, 4.69) is 31.0 Å². The van der Waals surface area contributed by atoms with Crippen molar-refractivity contribution in [2.75, 3.05) is 6.54 Å². The van der Waals surface area contributed by atoms with Gasteiger partial charge in [0.2, 0.25) is 0 Å². The number of amides is 2. The minimum atomic E-state index is -0.613. The fourth-order valence-corrected chi connectivity index (χ4v) is 3.50. The molecule has 4 N–H and O–H groups in total. The summed E-state index contributed by atoms with van der Waals surface area (Å²) in [5.74, 6) is -0.289. The topological polar surface area (TPSA) is 155 Å². The summed E-state index contributed by atoms with van der Waals surface area (Å²) in [5, 5.41) is 20.7. The highest BCUT2D eigenvalue weighted by molar-refractivity contribution is 6.08. The van der Waals surface area contributed by atoms with E-state index in [1.54, 1.807) is 39.2 Å². The second-order valence-electron chi connectivity index (χ2n) is 8.61. The van der Waals surface area contributed by atoms with Crippen molar-refractivity contribution in [1.82, 2.24) is 37.2 Å². The van der Waals surface area contributed by atoms with Crippen LogP contribution in [0.25, 0.3) is 22.2 Å². The smallest absolute Gasteiger partial charge is 0.407 e. The van der Waals surface area contributed by atoms with Gasteiger partial charge in [-0.3, -0.25) is 15.0 Å². The summed E-state index contributed by atoms with van der Waals surface area (Å²) in [7, 11) is 0. The summed E-state index contributed by atoms with van der Waals surface area (Å²) in [4.78, 5) is 25.5. The quantitative estimate of drug-likeness (QED) is 0.347. The van der Waals surface area contributed by atoms with E-state index < -0.39 is 17.7 Å². The number of aromatic nitrogens is 4. The number of alkyl carbamates (subject to hydrolysis) is 1. The fourth-order valence-electron chi connectivity index (χ4n) is 3.50. The molecule has 0 unspecified atom stereocenters. The summed E-state index contributed by atoms with van der Waals surface area (Å²) in [6, 6.07) is 14.4. The molecule has 10 nitrogen and oxygen atoms in total. The molecule has 0 aliphatic heterocycles. The maximum atomic E-state index is 13.3. The zero-order valence-electron chi connectivity index (χ0n) is 19.1. The predicted molar refractivity (Wildman–Crippen MR) is 127 cm³/mol. The molecule has 2 aromatic heterocycles. The molecule has 34 heavy (non-hydrogen) atoms. The predicted octanol–water partition coefficient (Wildman–Crippen LogP) is 3.47. The van der Waals surface area contributed by atoms with Gasteiger partial charge in [-0.25, -0.2) is 4.79 Å². The third-order valence-electron chi connectivity index (χ3n) is 4.97. The average molecular weight is 461 g/mol. The van der Waals surface area contributed by atoms with E-state index in [4.69, 9.17) is 4.74 Å². The van der Waals surface area contributed by atoms with E-state index in [1.165, 1.54) is 0 Å². The second-order valence-corrected chi connectivity index (χ2v) is 8.61. The van der Waals surface area contributed by atoms with Crippen LogP contribution in [0.15, 0.2) is 60.9 Å². The summed E-state index contributed by atoms with van der Waals surface area (Å²) < 4.78 is 5.33. The fraction of sp³-hybridized carbons (Fsp3) is 0.250. The van der Waals surface area contributed by atoms with E-state index >= 15 is 0 Å². The third kappa shape index (κ3) is 5.59. The lowest BCUT2D eigenvalue weighted by atomic mass is 10.0. The van der Waals surface area contributed by atoms with E-state index in [1.807, 2.05) is 42.5 Å². The number of benzene rings is 2. The van der Waals surface area contributed by atoms with Crippen molar-refractivity contribution in [3.05, 3.63) is 72.1 Å². The van der Waals surface area contributed by atoms with Crippen molar-refractivity contribution in [1.29, 1.82) is 0 Å². The summed E-state index contributed by atoms with van der Waals surface area (Å²) in [5.41, 5.74) is 2.85. The molecule has 4 rings (SSSR count). The Morgan fingerprint density at radius 2 is 1.85 bits per heavy atom. The molecule has 0 saturated heterocycles. The van der Waals surface area contributed by atoms with Crippen LogP contribution in [0.4, 0.5) is 4.79 Å². The Labute approximate surface area is 197 Å². The van der Waals surface area contributed by atoms with Crippen molar-refractivity contribution in [2.24, 2.45) is 0 Å². The van der Waals surface area contributed by atoms with Gasteiger partial charge in [0, 0.05) is 29.8 Å². The number of fused-ring (bicyclic) bond motifs is 1. The molecule has 2 amide bonds. The minimum absolute atomic E-state index is 0. The van der Waals surface area contributed by atoms with Gasteiger partial charge in [0.25, 0.3) is 5.91 Å². The number of para-hydroxylation sites is 1. The molecular formula is C24H26N7O3. The van der Waals surface area contributed by atoms with Gasteiger partial charge >= 0.3 is 6.09 Å². The molecule has 4 aromatic rings. The van der Waals surface area contributed by atoms with Crippen molar-refractivity contribution >= 4 is 22.9 Å². The first kappa shape index (κ1) is 24.5. The van der Waals surface area contributed by atoms with Crippen LogP contribution < -0.4 is 16.8 Å². The molecule has 1 atom stereocenters. The molecule has 0 spiro atoms. The molecule has 0 fully saturated rings. The van der Waals surface area contributed by atoms with Gasteiger partial charge in [0.05, 0.1) is 23.3 Å². The van der Waals surface area contributed by atoms with Crippen LogP contribution in [0.1, 0.15) is 42.7 Å². The Balaban J connectivity index is 0.00000324. The SMILES string of the molecule is CC(C)(C)OC(=O)NC[C@@H](NC(=O)c1cccc2c(-c3cn[nH]c3)n[nH]c12)c1ccccc1.[N]. The molecule has 0 aliphatic rings. The largest absolute Gasteiger partial charge is 0.444 e. The van der Waals surface area contributed by atoms with Crippen LogP contribution in [-0.2, 0) is 4.74 Å². The number of H-pyrrole nitrogens is 2. The molecule has 0 saturated carbocycles. The van der Waals surface area contributed by atoms with Crippen molar-refractivity contribution < 1.29 is 14.3 Å². The lowest BCUT2D eigenvalue weighted by molar-refractivity contribution is 0.0520. The van der Waals surface area contributed by atoms with Gasteiger partial charge in [-0.1, -0.05) is 42.5 Å². The third-order valence-corrected chi connectivity index (χ3v) is 4.97. The molecule has 2 heterocycles. The van der Waals surface area contributed by atoms with Crippen LogP contribution >= 0.6 is 0 Å². The van der Waals surface area contributed by atoms with Gasteiger partial charge < -0.3 is 15.4 Å². The molecule has 0 bridgehead atoms. The van der Waals surface area contributed by atoms with Crippen LogP contribution in [0, 0.1) is 0 Å². The highest BCUT2D eigenvalue weighted by Gasteiger charge is 2.22. The number of nitrogens with one attached hydrogen (secondary N) is 4. The first-order chi connectivity index (χ1) is 15.8. The van der Waals surface area contributed by atoms with Gasteiger partial charge in [-0.15, -0.1) is 0 Å². The summed E-state index contributed by atoms with van der Waals surface area (Å²) >= 11 is 0. The lowest BCUT2D eigenvalue weighted by Crippen LogP contribution is -2.40.